The second-order valence-corrected chi connectivity index (χ2v) is 6.56. The average Bonchev–Trinajstić information content (AvgIpc) is 2.62. The van der Waals surface area contributed by atoms with Crippen molar-refractivity contribution in [3.05, 3.63) is 59.7 Å². The van der Waals surface area contributed by atoms with E-state index in [9.17, 15) is 0 Å². The van der Waals surface area contributed by atoms with Crippen LogP contribution in [0.5, 0.6) is 5.75 Å². The molecule has 0 spiro atoms. The summed E-state index contributed by atoms with van der Waals surface area (Å²) < 4.78 is 11.1. The van der Waals surface area contributed by atoms with Gasteiger partial charge in [0.1, 0.15) is 5.75 Å². The molecule has 0 unspecified atom stereocenters. The lowest BCUT2D eigenvalue weighted by Gasteiger charge is -2.13. The van der Waals surface area contributed by atoms with Crippen molar-refractivity contribution in [1.82, 2.24) is 0 Å². The fourth-order valence-electron chi connectivity index (χ4n) is 2.45. The normalized spacial score (nSPS) is 11.2. The number of rotatable bonds is 9. The number of halogens is 1. The zero-order valence-corrected chi connectivity index (χ0v) is 18.6. The smallest absolute Gasteiger partial charge is 0.193 e. The summed E-state index contributed by atoms with van der Waals surface area (Å²) in [6.45, 7) is 6.06. The van der Waals surface area contributed by atoms with Gasteiger partial charge in [-0.05, 0) is 24.5 Å². The molecule has 3 N–H and O–H groups in total. The number of nitrogens with zero attached hydrogens (tertiary/aromatic N) is 1. The number of para-hydroxylation sites is 2. The molecule has 0 aliphatic carbocycles. The standard InChI is InChI=1S/C21H29N3O2.HI/c1-16(2)12-13-26-20-11-7-5-8-17(20)14-23-21(22)24-19-10-6-4-9-18(19)15-25-3;/h4-11,16H,12-15H2,1-3H3,(H3,22,23,24);1H. The third-order valence-corrected chi connectivity index (χ3v) is 3.93. The fourth-order valence-corrected chi connectivity index (χ4v) is 2.45. The van der Waals surface area contributed by atoms with Crippen LogP contribution in [0.2, 0.25) is 0 Å². The van der Waals surface area contributed by atoms with Gasteiger partial charge in [-0.1, -0.05) is 50.2 Å². The van der Waals surface area contributed by atoms with Crippen LogP contribution in [0.4, 0.5) is 5.69 Å². The summed E-state index contributed by atoms with van der Waals surface area (Å²) >= 11 is 0. The van der Waals surface area contributed by atoms with E-state index in [1.54, 1.807) is 7.11 Å². The van der Waals surface area contributed by atoms with Gasteiger partial charge in [0.25, 0.3) is 0 Å². The van der Waals surface area contributed by atoms with Crippen molar-refractivity contribution in [1.29, 1.82) is 0 Å². The molecule has 0 saturated carbocycles. The summed E-state index contributed by atoms with van der Waals surface area (Å²) in [5.74, 6) is 1.85. The van der Waals surface area contributed by atoms with Crippen LogP contribution in [0, 0.1) is 5.92 Å². The molecule has 5 nitrogen and oxygen atoms in total. The van der Waals surface area contributed by atoms with E-state index in [4.69, 9.17) is 15.2 Å². The highest BCUT2D eigenvalue weighted by Crippen LogP contribution is 2.20. The molecule has 0 heterocycles. The maximum absolute atomic E-state index is 6.07. The first-order valence-corrected chi connectivity index (χ1v) is 8.94. The number of nitrogens with two attached hydrogens (primary N) is 1. The number of ether oxygens (including phenoxy) is 2. The van der Waals surface area contributed by atoms with Gasteiger partial charge in [0.15, 0.2) is 5.96 Å². The monoisotopic (exact) mass is 483 g/mol. The van der Waals surface area contributed by atoms with Crippen LogP contribution in [0.3, 0.4) is 0 Å². The van der Waals surface area contributed by atoms with E-state index in [0.29, 0.717) is 31.6 Å². The molecule has 2 rings (SSSR count). The summed E-state index contributed by atoms with van der Waals surface area (Å²) in [7, 11) is 1.67. The minimum absolute atomic E-state index is 0. The quantitative estimate of drug-likeness (QED) is 0.306. The van der Waals surface area contributed by atoms with Crippen LogP contribution >= 0.6 is 24.0 Å². The Kier molecular flexibility index (Phi) is 10.8. The lowest BCUT2D eigenvalue weighted by Crippen LogP contribution is -2.23. The van der Waals surface area contributed by atoms with Gasteiger partial charge >= 0.3 is 0 Å². The molecule has 0 fully saturated rings. The number of hydrogen-bond donors (Lipinski definition) is 2. The van der Waals surface area contributed by atoms with Crippen LogP contribution in [0.1, 0.15) is 31.4 Å². The molecule has 27 heavy (non-hydrogen) atoms. The van der Waals surface area contributed by atoms with Crippen LogP contribution in [-0.2, 0) is 17.9 Å². The Hall–Kier alpha value is -1.80. The highest BCUT2D eigenvalue weighted by molar-refractivity contribution is 14.0. The van der Waals surface area contributed by atoms with E-state index >= 15 is 0 Å². The fraction of sp³-hybridized carbons (Fsp3) is 0.381. The molecule has 2 aromatic rings. The summed E-state index contributed by atoms with van der Waals surface area (Å²) in [5.41, 5.74) is 9.02. The number of hydrogen-bond acceptors (Lipinski definition) is 3. The summed E-state index contributed by atoms with van der Waals surface area (Å²) in [6, 6.07) is 15.8. The van der Waals surface area contributed by atoms with Crippen molar-refractivity contribution in [2.45, 2.75) is 33.4 Å². The number of nitrogens with one attached hydrogen (secondary N) is 1. The van der Waals surface area contributed by atoms with E-state index in [-0.39, 0.29) is 24.0 Å². The van der Waals surface area contributed by atoms with Gasteiger partial charge in [0, 0.05) is 23.9 Å². The van der Waals surface area contributed by atoms with Crippen molar-refractivity contribution in [2.24, 2.45) is 16.6 Å². The average molecular weight is 483 g/mol. The Balaban J connectivity index is 0.00000364. The molecule has 0 aromatic heterocycles. The lowest BCUT2D eigenvalue weighted by atomic mass is 10.1. The predicted molar refractivity (Wildman–Crippen MR) is 123 cm³/mol. The highest BCUT2D eigenvalue weighted by Gasteiger charge is 2.05. The Morgan fingerprint density at radius 2 is 1.74 bits per heavy atom. The largest absolute Gasteiger partial charge is 0.493 e. The van der Waals surface area contributed by atoms with Crippen LogP contribution < -0.4 is 15.8 Å². The van der Waals surface area contributed by atoms with Gasteiger partial charge in [-0.25, -0.2) is 4.99 Å². The van der Waals surface area contributed by atoms with Gasteiger partial charge in [-0.3, -0.25) is 0 Å². The molecule has 148 valence electrons. The van der Waals surface area contributed by atoms with Crippen molar-refractivity contribution >= 4 is 35.6 Å². The zero-order chi connectivity index (χ0) is 18.8. The Morgan fingerprint density at radius 1 is 1.07 bits per heavy atom. The topological polar surface area (TPSA) is 68.9 Å². The van der Waals surface area contributed by atoms with E-state index < -0.39 is 0 Å². The van der Waals surface area contributed by atoms with E-state index in [1.807, 2.05) is 48.5 Å². The minimum Gasteiger partial charge on any atom is -0.493 e. The first-order valence-electron chi connectivity index (χ1n) is 8.94. The van der Waals surface area contributed by atoms with Crippen LogP contribution in [0.15, 0.2) is 53.5 Å². The maximum Gasteiger partial charge on any atom is 0.193 e. The number of guanidine groups is 1. The SMILES string of the molecule is COCc1ccccc1NC(N)=NCc1ccccc1OCCC(C)C.I. The summed E-state index contributed by atoms with van der Waals surface area (Å²) in [5, 5.41) is 3.15. The molecular weight excluding hydrogens is 453 g/mol. The third-order valence-electron chi connectivity index (χ3n) is 3.93. The number of benzene rings is 2. The maximum atomic E-state index is 6.07. The highest BCUT2D eigenvalue weighted by atomic mass is 127. The third kappa shape index (κ3) is 8.17. The predicted octanol–water partition coefficient (Wildman–Crippen LogP) is 4.80. The Labute approximate surface area is 179 Å². The van der Waals surface area contributed by atoms with Crippen molar-refractivity contribution in [3.63, 3.8) is 0 Å². The molecule has 0 saturated heterocycles. The molecule has 0 amide bonds. The molecule has 0 radical (unpaired) electrons. The number of methoxy groups -OCH3 is 1. The van der Waals surface area contributed by atoms with Gasteiger partial charge in [0.2, 0.25) is 0 Å². The molecular formula is C21H30IN3O2. The van der Waals surface area contributed by atoms with Crippen molar-refractivity contribution in [2.75, 3.05) is 19.0 Å². The Morgan fingerprint density at radius 3 is 2.44 bits per heavy atom. The van der Waals surface area contributed by atoms with Crippen LogP contribution in [0.25, 0.3) is 0 Å². The van der Waals surface area contributed by atoms with E-state index in [2.05, 4.69) is 24.2 Å². The molecule has 0 atom stereocenters. The molecule has 6 heteroatoms. The minimum atomic E-state index is 0. The van der Waals surface area contributed by atoms with Gasteiger partial charge in [-0.15, -0.1) is 24.0 Å². The second-order valence-electron chi connectivity index (χ2n) is 6.56. The lowest BCUT2D eigenvalue weighted by molar-refractivity contribution is 0.185. The van der Waals surface area contributed by atoms with Crippen LogP contribution in [-0.4, -0.2) is 19.7 Å². The summed E-state index contributed by atoms with van der Waals surface area (Å²) in [6.07, 6.45) is 1.03. The van der Waals surface area contributed by atoms with Crippen molar-refractivity contribution < 1.29 is 9.47 Å². The number of anilines is 1. The van der Waals surface area contributed by atoms with E-state index in [1.165, 1.54) is 0 Å². The first-order chi connectivity index (χ1) is 12.6. The number of aliphatic imine (C=N–C) groups is 1. The first kappa shape index (κ1) is 23.2. The van der Waals surface area contributed by atoms with Gasteiger partial charge in [0.05, 0.1) is 19.8 Å². The van der Waals surface area contributed by atoms with Gasteiger partial charge in [-0.2, -0.15) is 0 Å². The van der Waals surface area contributed by atoms with E-state index in [0.717, 1.165) is 29.0 Å². The molecule has 0 aliphatic heterocycles. The Bertz CT molecular complexity index is 720. The van der Waals surface area contributed by atoms with Gasteiger partial charge < -0.3 is 20.5 Å². The molecule has 0 bridgehead atoms. The zero-order valence-electron chi connectivity index (χ0n) is 16.3. The molecule has 0 aliphatic rings. The van der Waals surface area contributed by atoms with Crippen molar-refractivity contribution in [3.8, 4) is 5.75 Å². The summed E-state index contributed by atoms with van der Waals surface area (Å²) in [4.78, 5) is 4.46. The second kappa shape index (κ2) is 12.6. The molecule has 2 aromatic carbocycles.